The maximum absolute atomic E-state index is 6.06. The Morgan fingerprint density at radius 1 is 1.23 bits per heavy atom. The van der Waals surface area contributed by atoms with Crippen LogP contribution in [0.4, 0.5) is 0 Å². The molecule has 0 bridgehead atoms. The summed E-state index contributed by atoms with van der Waals surface area (Å²) in [5, 5.41) is 0. The molecular formula is C11H16N2. The summed E-state index contributed by atoms with van der Waals surface area (Å²) in [6.45, 7) is 3.45. The van der Waals surface area contributed by atoms with Crippen molar-refractivity contribution in [3.05, 3.63) is 35.9 Å². The third-order valence-corrected chi connectivity index (χ3v) is 2.63. The van der Waals surface area contributed by atoms with Crippen LogP contribution in [0.25, 0.3) is 0 Å². The third-order valence-electron chi connectivity index (χ3n) is 2.63. The number of likely N-dealkylation sites (tertiary alicyclic amines) is 1. The molecule has 0 amide bonds. The van der Waals surface area contributed by atoms with Crippen molar-refractivity contribution in [2.75, 3.05) is 19.6 Å². The standard InChI is InChI=1S/C11H16N2/c12-11(9-13-7-4-8-13)10-5-2-1-3-6-10/h1-3,5-6,11H,4,7-9,12H2/t11-/m0/s1. The molecule has 1 aromatic rings. The molecule has 0 saturated carbocycles. The maximum atomic E-state index is 6.06. The first-order valence-corrected chi connectivity index (χ1v) is 4.89. The van der Waals surface area contributed by atoms with E-state index < -0.39 is 0 Å². The van der Waals surface area contributed by atoms with Gasteiger partial charge in [0.25, 0.3) is 0 Å². The van der Waals surface area contributed by atoms with Crippen molar-refractivity contribution in [2.45, 2.75) is 12.5 Å². The van der Waals surface area contributed by atoms with E-state index in [2.05, 4.69) is 17.0 Å². The lowest BCUT2D eigenvalue weighted by atomic mass is 10.1. The highest BCUT2D eigenvalue weighted by atomic mass is 15.2. The first kappa shape index (κ1) is 8.73. The van der Waals surface area contributed by atoms with Gasteiger partial charge in [0, 0.05) is 12.6 Å². The van der Waals surface area contributed by atoms with Gasteiger partial charge in [-0.2, -0.15) is 0 Å². The molecule has 2 nitrogen and oxygen atoms in total. The van der Waals surface area contributed by atoms with Crippen LogP contribution in [0, 0.1) is 0 Å². The van der Waals surface area contributed by atoms with Gasteiger partial charge < -0.3 is 10.6 Å². The van der Waals surface area contributed by atoms with Crippen molar-refractivity contribution in [3.63, 3.8) is 0 Å². The highest BCUT2D eigenvalue weighted by molar-refractivity contribution is 5.18. The van der Waals surface area contributed by atoms with E-state index in [1.54, 1.807) is 0 Å². The van der Waals surface area contributed by atoms with Crippen LogP contribution in [0.3, 0.4) is 0 Å². The highest BCUT2D eigenvalue weighted by Crippen LogP contribution is 2.14. The largest absolute Gasteiger partial charge is 0.323 e. The molecule has 1 saturated heterocycles. The minimum absolute atomic E-state index is 0.182. The van der Waals surface area contributed by atoms with Crippen molar-refractivity contribution in [1.82, 2.24) is 4.90 Å². The van der Waals surface area contributed by atoms with E-state index in [0.29, 0.717) is 0 Å². The molecule has 2 N–H and O–H groups in total. The summed E-state index contributed by atoms with van der Waals surface area (Å²) >= 11 is 0. The van der Waals surface area contributed by atoms with Crippen molar-refractivity contribution in [2.24, 2.45) is 5.73 Å². The molecule has 0 spiro atoms. The smallest absolute Gasteiger partial charge is 0.0424 e. The summed E-state index contributed by atoms with van der Waals surface area (Å²) in [7, 11) is 0. The van der Waals surface area contributed by atoms with Gasteiger partial charge in [-0.3, -0.25) is 0 Å². The van der Waals surface area contributed by atoms with E-state index in [0.717, 1.165) is 6.54 Å². The molecule has 1 heterocycles. The second-order valence-corrected chi connectivity index (χ2v) is 3.67. The number of hydrogen-bond donors (Lipinski definition) is 1. The van der Waals surface area contributed by atoms with Crippen LogP contribution in [-0.4, -0.2) is 24.5 Å². The molecule has 0 aromatic heterocycles. The second kappa shape index (κ2) is 3.90. The van der Waals surface area contributed by atoms with E-state index in [4.69, 9.17) is 5.73 Å². The predicted molar refractivity (Wildman–Crippen MR) is 54.4 cm³/mol. The Hall–Kier alpha value is -0.860. The Morgan fingerprint density at radius 2 is 1.92 bits per heavy atom. The predicted octanol–water partition coefficient (Wildman–Crippen LogP) is 1.39. The zero-order valence-electron chi connectivity index (χ0n) is 7.82. The lowest BCUT2D eigenvalue weighted by Gasteiger charge is -2.33. The van der Waals surface area contributed by atoms with Crippen molar-refractivity contribution >= 4 is 0 Å². The molecule has 70 valence electrons. The quantitative estimate of drug-likeness (QED) is 0.754. The van der Waals surface area contributed by atoms with Gasteiger partial charge in [-0.25, -0.2) is 0 Å². The third kappa shape index (κ3) is 2.08. The first-order chi connectivity index (χ1) is 6.36. The SMILES string of the molecule is N[C@@H](CN1CCC1)c1ccccc1. The minimum atomic E-state index is 0.182. The Morgan fingerprint density at radius 3 is 2.46 bits per heavy atom. The number of nitrogens with zero attached hydrogens (tertiary/aromatic N) is 1. The van der Waals surface area contributed by atoms with Crippen LogP contribution in [0.2, 0.25) is 0 Å². The van der Waals surface area contributed by atoms with E-state index in [1.165, 1.54) is 25.1 Å². The normalized spacial score (nSPS) is 19.5. The molecule has 1 aliphatic rings. The Balaban J connectivity index is 1.92. The number of benzene rings is 1. The highest BCUT2D eigenvalue weighted by Gasteiger charge is 2.17. The molecule has 1 aromatic carbocycles. The van der Waals surface area contributed by atoms with E-state index in [1.807, 2.05) is 18.2 Å². The van der Waals surface area contributed by atoms with Gasteiger partial charge in [-0.05, 0) is 25.1 Å². The van der Waals surface area contributed by atoms with E-state index in [-0.39, 0.29) is 6.04 Å². The summed E-state index contributed by atoms with van der Waals surface area (Å²) in [5.41, 5.74) is 7.31. The van der Waals surface area contributed by atoms with Crippen molar-refractivity contribution in [3.8, 4) is 0 Å². The van der Waals surface area contributed by atoms with Crippen LogP contribution >= 0.6 is 0 Å². The van der Waals surface area contributed by atoms with Crippen LogP contribution < -0.4 is 5.73 Å². The minimum Gasteiger partial charge on any atom is -0.323 e. The lowest BCUT2D eigenvalue weighted by Crippen LogP contribution is -2.41. The molecule has 0 aliphatic carbocycles. The van der Waals surface area contributed by atoms with Crippen molar-refractivity contribution < 1.29 is 0 Å². The molecule has 0 unspecified atom stereocenters. The molecule has 2 rings (SSSR count). The first-order valence-electron chi connectivity index (χ1n) is 4.89. The summed E-state index contributed by atoms with van der Waals surface area (Å²) in [6.07, 6.45) is 1.33. The zero-order chi connectivity index (χ0) is 9.10. The van der Waals surface area contributed by atoms with Gasteiger partial charge in [0.05, 0.1) is 0 Å². The summed E-state index contributed by atoms with van der Waals surface area (Å²) in [6, 6.07) is 10.5. The summed E-state index contributed by atoms with van der Waals surface area (Å²) in [4.78, 5) is 2.40. The van der Waals surface area contributed by atoms with Crippen molar-refractivity contribution in [1.29, 1.82) is 0 Å². The van der Waals surface area contributed by atoms with Crippen LogP contribution in [-0.2, 0) is 0 Å². The fourth-order valence-electron chi connectivity index (χ4n) is 1.65. The maximum Gasteiger partial charge on any atom is 0.0424 e. The van der Waals surface area contributed by atoms with Gasteiger partial charge in [-0.15, -0.1) is 0 Å². The topological polar surface area (TPSA) is 29.3 Å². The van der Waals surface area contributed by atoms with Crippen LogP contribution in [0.15, 0.2) is 30.3 Å². The van der Waals surface area contributed by atoms with Crippen LogP contribution in [0.1, 0.15) is 18.0 Å². The average molecular weight is 176 g/mol. The van der Waals surface area contributed by atoms with E-state index in [9.17, 15) is 0 Å². The monoisotopic (exact) mass is 176 g/mol. The molecule has 1 aliphatic heterocycles. The Kier molecular flexibility index (Phi) is 2.62. The average Bonchev–Trinajstić information content (AvgIpc) is 2.12. The second-order valence-electron chi connectivity index (χ2n) is 3.67. The molecule has 1 atom stereocenters. The molecule has 1 fully saturated rings. The molecular weight excluding hydrogens is 160 g/mol. The molecule has 2 heteroatoms. The Labute approximate surface area is 79.4 Å². The number of nitrogens with two attached hydrogens (primary N) is 1. The van der Waals surface area contributed by atoms with Gasteiger partial charge in [-0.1, -0.05) is 30.3 Å². The van der Waals surface area contributed by atoms with Gasteiger partial charge >= 0.3 is 0 Å². The lowest BCUT2D eigenvalue weighted by molar-refractivity contribution is 0.170. The summed E-state index contributed by atoms with van der Waals surface area (Å²) < 4.78 is 0. The fourth-order valence-corrected chi connectivity index (χ4v) is 1.65. The number of hydrogen-bond acceptors (Lipinski definition) is 2. The summed E-state index contributed by atoms with van der Waals surface area (Å²) in [5.74, 6) is 0. The van der Waals surface area contributed by atoms with Gasteiger partial charge in [0.1, 0.15) is 0 Å². The molecule has 13 heavy (non-hydrogen) atoms. The van der Waals surface area contributed by atoms with E-state index >= 15 is 0 Å². The van der Waals surface area contributed by atoms with Gasteiger partial charge in [0.2, 0.25) is 0 Å². The Bertz CT molecular complexity index is 254. The number of rotatable bonds is 3. The fraction of sp³-hybridized carbons (Fsp3) is 0.455. The van der Waals surface area contributed by atoms with Gasteiger partial charge in [0.15, 0.2) is 0 Å². The zero-order valence-corrected chi connectivity index (χ0v) is 7.82. The van der Waals surface area contributed by atoms with Crippen LogP contribution in [0.5, 0.6) is 0 Å². The molecule has 0 radical (unpaired) electrons.